The summed E-state index contributed by atoms with van der Waals surface area (Å²) in [7, 11) is 0. The number of benzene rings is 8. The van der Waals surface area contributed by atoms with Crippen molar-refractivity contribution in [3.05, 3.63) is 194 Å². The van der Waals surface area contributed by atoms with Crippen molar-refractivity contribution < 1.29 is 4.42 Å². The summed E-state index contributed by atoms with van der Waals surface area (Å²) in [5.41, 5.74) is 13.0. The molecule has 0 N–H and O–H groups in total. The molecule has 0 aliphatic heterocycles. The zero-order valence-electron chi connectivity index (χ0n) is 27.8. The van der Waals surface area contributed by atoms with Crippen LogP contribution in [-0.4, -0.2) is 4.57 Å². The van der Waals surface area contributed by atoms with Gasteiger partial charge in [0.05, 0.1) is 22.4 Å². The minimum atomic E-state index is 0.860. The lowest BCUT2D eigenvalue weighted by Crippen LogP contribution is -2.11. The minimum absolute atomic E-state index is 0.860. The fourth-order valence-electron chi connectivity index (χ4n) is 7.76. The quantitative estimate of drug-likeness (QED) is 0.178. The third-order valence-electron chi connectivity index (χ3n) is 9.99. The maximum absolute atomic E-state index is 6.70. The molecular formula is C48H32N2O. The van der Waals surface area contributed by atoms with Crippen molar-refractivity contribution in [2.24, 2.45) is 0 Å². The third-order valence-corrected chi connectivity index (χ3v) is 9.99. The van der Waals surface area contributed by atoms with Gasteiger partial charge in [-0.2, -0.15) is 0 Å². The Morgan fingerprint density at radius 3 is 1.82 bits per heavy atom. The van der Waals surface area contributed by atoms with Gasteiger partial charge in [0, 0.05) is 38.5 Å². The normalized spacial score (nSPS) is 11.5. The Morgan fingerprint density at radius 2 is 1.02 bits per heavy atom. The number of hydrogen-bond donors (Lipinski definition) is 0. The van der Waals surface area contributed by atoms with E-state index in [0.717, 1.165) is 61.3 Å². The highest BCUT2D eigenvalue weighted by Crippen LogP contribution is 2.47. The van der Waals surface area contributed by atoms with E-state index in [9.17, 15) is 0 Å². The van der Waals surface area contributed by atoms with Crippen LogP contribution >= 0.6 is 0 Å². The first-order valence-corrected chi connectivity index (χ1v) is 17.4. The second-order valence-electron chi connectivity index (χ2n) is 12.9. The molecule has 240 valence electrons. The number of hydrogen-bond acceptors (Lipinski definition) is 2. The average molecular weight is 653 g/mol. The molecule has 10 rings (SSSR count). The van der Waals surface area contributed by atoms with Crippen molar-refractivity contribution in [2.45, 2.75) is 0 Å². The highest BCUT2D eigenvalue weighted by Gasteiger charge is 2.24. The third kappa shape index (κ3) is 4.74. The van der Waals surface area contributed by atoms with Gasteiger partial charge in [0.1, 0.15) is 5.58 Å². The van der Waals surface area contributed by atoms with E-state index in [4.69, 9.17) is 4.42 Å². The molecule has 0 spiro atoms. The fraction of sp³-hybridized carbons (Fsp3) is 0. The Labute approximate surface area is 295 Å². The summed E-state index contributed by atoms with van der Waals surface area (Å²) < 4.78 is 9.10. The number of furan rings is 1. The van der Waals surface area contributed by atoms with Crippen molar-refractivity contribution in [1.29, 1.82) is 0 Å². The number of rotatable bonds is 6. The van der Waals surface area contributed by atoms with E-state index in [1.807, 2.05) is 6.07 Å². The molecule has 0 radical (unpaired) electrons. The van der Waals surface area contributed by atoms with E-state index >= 15 is 0 Å². The number of para-hydroxylation sites is 4. The number of aromatic nitrogens is 1. The molecule has 0 aliphatic rings. The molecule has 2 aromatic heterocycles. The molecule has 10 aromatic rings. The lowest BCUT2D eigenvalue weighted by Gasteiger charge is -2.28. The van der Waals surface area contributed by atoms with Crippen LogP contribution < -0.4 is 4.90 Å². The number of nitrogens with zero attached hydrogens (tertiary/aromatic N) is 2. The van der Waals surface area contributed by atoms with Crippen LogP contribution in [-0.2, 0) is 0 Å². The molecule has 51 heavy (non-hydrogen) atoms. The van der Waals surface area contributed by atoms with Crippen LogP contribution in [0.4, 0.5) is 17.1 Å². The lowest BCUT2D eigenvalue weighted by molar-refractivity contribution is 0.669. The summed E-state index contributed by atoms with van der Waals surface area (Å²) in [6.45, 7) is 0. The Bertz CT molecular complexity index is 2850. The molecule has 0 amide bonds. The first kappa shape index (κ1) is 29.1. The molecule has 3 heteroatoms. The van der Waals surface area contributed by atoms with E-state index in [2.05, 4.69) is 198 Å². The molecule has 0 bridgehead atoms. The first-order chi connectivity index (χ1) is 25.3. The molecular weight excluding hydrogens is 621 g/mol. The largest absolute Gasteiger partial charge is 0.454 e. The van der Waals surface area contributed by atoms with E-state index < -0.39 is 0 Å². The maximum Gasteiger partial charge on any atom is 0.159 e. The van der Waals surface area contributed by atoms with E-state index in [-0.39, 0.29) is 0 Å². The van der Waals surface area contributed by atoms with Crippen LogP contribution in [0.2, 0.25) is 0 Å². The van der Waals surface area contributed by atoms with Gasteiger partial charge < -0.3 is 13.9 Å². The minimum Gasteiger partial charge on any atom is -0.454 e. The lowest BCUT2D eigenvalue weighted by atomic mass is 9.98. The Kier molecular flexibility index (Phi) is 6.81. The van der Waals surface area contributed by atoms with E-state index in [1.54, 1.807) is 0 Å². The van der Waals surface area contributed by atoms with Gasteiger partial charge in [-0.05, 0) is 71.3 Å². The van der Waals surface area contributed by atoms with Gasteiger partial charge in [-0.15, -0.1) is 0 Å². The van der Waals surface area contributed by atoms with Gasteiger partial charge in [-0.25, -0.2) is 0 Å². The van der Waals surface area contributed by atoms with Gasteiger partial charge in [0.25, 0.3) is 0 Å². The molecule has 3 nitrogen and oxygen atoms in total. The number of anilines is 3. The molecule has 0 saturated heterocycles. The molecule has 0 unspecified atom stereocenters. The van der Waals surface area contributed by atoms with Crippen LogP contribution in [0.25, 0.3) is 71.7 Å². The molecule has 0 saturated carbocycles. The van der Waals surface area contributed by atoms with Crippen molar-refractivity contribution in [2.75, 3.05) is 4.90 Å². The number of fused-ring (bicyclic) bond motifs is 6. The summed E-state index contributed by atoms with van der Waals surface area (Å²) in [6.07, 6.45) is 0. The van der Waals surface area contributed by atoms with Crippen LogP contribution in [0.3, 0.4) is 0 Å². The van der Waals surface area contributed by atoms with Crippen molar-refractivity contribution in [3.63, 3.8) is 0 Å². The van der Waals surface area contributed by atoms with Gasteiger partial charge in [0.2, 0.25) is 0 Å². The molecule has 2 heterocycles. The van der Waals surface area contributed by atoms with Gasteiger partial charge in [-0.3, -0.25) is 0 Å². The Balaban J connectivity index is 1.31. The molecule has 0 atom stereocenters. The van der Waals surface area contributed by atoms with E-state index in [0.29, 0.717) is 0 Å². The van der Waals surface area contributed by atoms with Gasteiger partial charge in [-0.1, -0.05) is 140 Å². The monoisotopic (exact) mass is 652 g/mol. The Hall–Kier alpha value is -6.84. The predicted molar refractivity (Wildman–Crippen MR) is 214 cm³/mol. The molecule has 0 aliphatic carbocycles. The van der Waals surface area contributed by atoms with Crippen LogP contribution in [0.15, 0.2) is 199 Å². The SMILES string of the molecule is c1ccc(-c2ccccc2N(c2ccc3c(c2)c2c(-c4ccccc4)cccc2n3-c2ccccc2)c2cccc3c2oc2ccccc23)cc1. The van der Waals surface area contributed by atoms with Crippen LogP contribution in [0, 0.1) is 0 Å². The molecule has 8 aromatic carbocycles. The average Bonchev–Trinajstić information content (AvgIpc) is 3.75. The highest BCUT2D eigenvalue weighted by molar-refractivity contribution is 6.17. The predicted octanol–water partition coefficient (Wildman–Crippen LogP) is 13.5. The van der Waals surface area contributed by atoms with E-state index in [1.165, 1.54) is 27.4 Å². The molecule has 0 fully saturated rings. The first-order valence-electron chi connectivity index (χ1n) is 17.4. The maximum atomic E-state index is 6.70. The Morgan fingerprint density at radius 1 is 0.412 bits per heavy atom. The second-order valence-corrected chi connectivity index (χ2v) is 12.9. The van der Waals surface area contributed by atoms with Gasteiger partial charge >= 0.3 is 0 Å². The summed E-state index contributed by atoms with van der Waals surface area (Å²) in [4.78, 5) is 2.38. The standard InChI is InChI=1S/C48H32N2O/c1-4-16-33(17-5-1)37-22-10-12-26-42(37)50(45-28-15-25-40-39-23-11-13-29-46(39)51-48(40)45)36-30-31-43-41(32-36)47-38(34-18-6-2-7-19-34)24-14-27-44(47)49(43)35-20-8-3-9-21-35/h1-32H. The van der Waals surface area contributed by atoms with Crippen molar-refractivity contribution in [3.8, 4) is 27.9 Å². The van der Waals surface area contributed by atoms with Crippen LogP contribution in [0.1, 0.15) is 0 Å². The van der Waals surface area contributed by atoms with Crippen LogP contribution in [0.5, 0.6) is 0 Å². The zero-order chi connectivity index (χ0) is 33.7. The van der Waals surface area contributed by atoms with Crippen molar-refractivity contribution >= 4 is 60.8 Å². The summed E-state index contributed by atoms with van der Waals surface area (Å²) in [5.74, 6) is 0. The fourth-order valence-corrected chi connectivity index (χ4v) is 7.76. The topological polar surface area (TPSA) is 21.3 Å². The summed E-state index contributed by atoms with van der Waals surface area (Å²) >= 11 is 0. The van der Waals surface area contributed by atoms with Crippen molar-refractivity contribution in [1.82, 2.24) is 4.57 Å². The van der Waals surface area contributed by atoms with Gasteiger partial charge in [0.15, 0.2) is 5.58 Å². The zero-order valence-corrected chi connectivity index (χ0v) is 27.8. The summed E-state index contributed by atoms with van der Waals surface area (Å²) in [5, 5.41) is 4.62. The second kappa shape index (κ2) is 11.9. The highest BCUT2D eigenvalue weighted by atomic mass is 16.3. The smallest absolute Gasteiger partial charge is 0.159 e. The summed E-state index contributed by atoms with van der Waals surface area (Å²) in [6, 6.07) is 69.1.